The molecule has 0 saturated heterocycles. The predicted octanol–water partition coefficient (Wildman–Crippen LogP) is 9.46. The molecule has 288 valence electrons. The van der Waals surface area contributed by atoms with Crippen LogP contribution in [0.4, 0.5) is 11.4 Å². The van der Waals surface area contributed by atoms with Crippen molar-refractivity contribution in [2.45, 2.75) is 20.0 Å². The van der Waals surface area contributed by atoms with Crippen LogP contribution < -0.4 is 11.1 Å². The van der Waals surface area contributed by atoms with E-state index in [1.807, 2.05) is 116 Å². The third-order valence-corrected chi connectivity index (χ3v) is 9.65. The van der Waals surface area contributed by atoms with Gasteiger partial charge in [-0.1, -0.05) is 48.5 Å². The highest BCUT2D eigenvalue weighted by molar-refractivity contribution is 5.90. The van der Waals surface area contributed by atoms with Crippen LogP contribution in [0.25, 0.3) is 56.1 Å². The number of nitrogens with zero attached hydrogens (tertiary/aromatic N) is 4. The van der Waals surface area contributed by atoms with Gasteiger partial charge in [-0.3, -0.25) is 0 Å². The van der Waals surface area contributed by atoms with Gasteiger partial charge in [0.1, 0.15) is 16.9 Å². The van der Waals surface area contributed by atoms with E-state index in [1.54, 1.807) is 24.3 Å². The average Bonchev–Trinajstić information content (AvgIpc) is 3.98. The van der Waals surface area contributed by atoms with E-state index in [2.05, 4.69) is 19.9 Å². The molecule has 0 aliphatic carbocycles. The molecule has 0 amide bonds. The highest BCUT2D eigenvalue weighted by Crippen LogP contribution is 2.30. The number of methoxy groups -OCH3 is 2. The smallest absolute Gasteiger partial charge is 0.337 e. The Morgan fingerprint density at radius 1 is 0.638 bits per heavy atom. The van der Waals surface area contributed by atoms with Crippen LogP contribution in [0.15, 0.2) is 142 Å². The zero-order valence-electron chi connectivity index (χ0n) is 31.9. The fourth-order valence-electron chi connectivity index (χ4n) is 6.55. The zero-order valence-corrected chi connectivity index (χ0v) is 31.9. The lowest BCUT2D eigenvalue weighted by molar-refractivity contribution is 0.0592. The van der Waals surface area contributed by atoms with Crippen molar-refractivity contribution in [3.8, 4) is 22.9 Å². The zero-order chi connectivity index (χ0) is 40.2. The summed E-state index contributed by atoms with van der Waals surface area (Å²) in [5, 5.41) is 3.30. The Labute approximate surface area is 332 Å². The second kappa shape index (κ2) is 16.2. The number of oxazole rings is 2. The van der Waals surface area contributed by atoms with Gasteiger partial charge in [0.2, 0.25) is 11.8 Å². The molecule has 9 aromatic rings. The minimum Gasteiger partial charge on any atom is -0.465 e. The summed E-state index contributed by atoms with van der Waals surface area (Å²) in [6.07, 6.45) is 0. The maximum absolute atomic E-state index is 11.6. The number of nitrogen functional groups attached to an aromatic ring is 1. The van der Waals surface area contributed by atoms with Gasteiger partial charge in [-0.25, -0.2) is 24.5 Å². The lowest BCUT2D eigenvalue weighted by Crippen LogP contribution is -2.04. The molecule has 12 nitrogen and oxygen atoms in total. The average molecular weight is 771 g/mol. The molecule has 0 saturated carbocycles. The maximum Gasteiger partial charge on any atom is 0.337 e. The van der Waals surface area contributed by atoms with Gasteiger partial charge >= 0.3 is 11.9 Å². The van der Waals surface area contributed by atoms with Crippen LogP contribution >= 0.6 is 0 Å². The minimum atomic E-state index is -0.349. The molecular formula is C46H38N6O6. The van der Waals surface area contributed by atoms with Crippen molar-refractivity contribution >= 4 is 56.5 Å². The number of ether oxygens (including phenoxy) is 2. The maximum atomic E-state index is 11.6. The van der Waals surface area contributed by atoms with Gasteiger partial charge in [-0.05, 0) is 103 Å². The van der Waals surface area contributed by atoms with Crippen LogP contribution in [0.3, 0.4) is 0 Å². The number of hydrogen-bond donors (Lipinski definition) is 2. The molecular weight excluding hydrogens is 733 g/mol. The summed E-state index contributed by atoms with van der Waals surface area (Å²) in [5.74, 6) is 1.36. The molecule has 3 heterocycles. The van der Waals surface area contributed by atoms with Crippen LogP contribution in [0, 0.1) is 6.92 Å². The second-order valence-electron chi connectivity index (χ2n) is 13.5. The standard InChI is InChI=1S/C24H19N3O3.C22H19N3O3/c1-15-25-20-13-18(23-26-19-5-3-4-6-22(19)30-23)11-12-21(20)27(15)14-16-7-9-17(10-8-16)24(28)29-2;1-27-22(26)15-8-6-14(7-9-15)13-24-18-11-10-16(12-17(18)23)21-25-19-4-2-3-5-20(19)28-21/h3-13H,14H2,1-2H3;2-12,24H,13,23H2,1H3. The minimum absolute atomic E-state index is 0.336. The van der Waals surface area contributed by atoms with E-state index in [0.29, 0.717) is 41.7 Å². The molecule has 0 aliphatic heterocycles. The van der Waals surface area contributed by atoms with Crippen LogP contribution in [-0.4, -0.2) is 45.7 Å². The molecule has 0 radical (unpaired) electrons. The van der Waals surface area contributed by atoms with Crippen molar-refractivity contribution in [2.24, 2.45) is 0 Å². The Hall–Kier alpha value is -7.73. The molecule has 0 aliphatic rings. The number of carbonyl (C=O) groups excluding carboxylic acids is 2. The number of aryl methyl sites for hydroxylation is 1. The number of fused-ring (bicyclic) bond motifs is 3. The first-order valence-electron chi connectivity index (χ1n) is 18.4. The molecule has 9 rings (SSSR count). The first kappa shape index (κ1) is 37.2. The number of hydrogen-bond acceptors (Lipinski definition) is 11. The Bertz CT molecular complexity index is 2840. The lowest BCUT2D eigenvalue weighted by Gasteiger charge is -2.10. The van der Waals surface area contributed by atoms with Crippen molar-refractivity contribution in [1.82, 2.24) is 19.5 Å². The predicted molar refractivity (Wildman–Crippen MR) is 223 cm³/mol. The molecule has 58 heavy (non-hydrogen) atoms. The van der Waals surface area contributed by atoms with Gasteiger partial charge in [-0.2, -0.15) is 0 Å². The van der Waals surface area contributed by atoms with Crippen molar-refractivity contribution in [1.29, 1.82) is 0 Å². The summed E-state index contributed by atoms with van der Waals surface area (Å²) in [6.45, 7) is 3.22. The normalized spacial score (nSPS) is 11.0. The number of imidazole rings is 1. The van der Waals surface area contributed by atoms with Gasteiger partial charge < -0.3 is 33.9 Å². The number of rotatable bonds is 9. The molecule has 12 heteroatoms. The molecule has 3 N–H and O–H groups in total. The van der Waals surface area contributed by atoms with E-state index in [1.165, 1.54) is 14.2 Å². The summed E-state index contributed by atoms with van der Waals surface area (Å²) < 4.78 is 23.3. The summed E-state index contributed by atoms with van der Waals surface area (Å²) in [6, 6.07) is 41.7. The van der Waals surface area contributed by atoms with Crippen molar-refractivity contribution < 1.29 is 27.9 Å². The first-order valence-corrected chi connectivity index (χ1v) is 18.4. The van der Waals surface area contributed by atoms with Crippen molar-refractivity contribution in [3.63, 3.8) is 0 Å². The number of nitrogens with one attached hydrogen (secondary N) is 1. The number of esters is 2. The number of nitrogens with two attached hydrogens (primary N) is 1. The molecule has 0 bridgehead atoms. The van der Waals surface area contributed by atoms with Crippen LogP contribution in [0.1, 0.15) is 37.7 Å². The van der Waals surface area contributed by atoms with Crippen molar-refractivity contribution in [2.75, 3.05) is 25.3 Å². The van der Waals surface area contributed by atoms with Gasteiger partial charge in [0.25, 0.3) is 0 Å². The molecule has 3 aromatic heterocycles. The van der Waals surface area contributed by atoms with Crippen LogP contribution in [-0.2, 0) is 22.6 Å². The third-order valence-electron chi connectivity index (χ3n) is 9.65. The van der Waals surface area contributed by atoms with Gasteiger partial charge in [0, 0.05) is 24.2 Å². The van der Waals surface area contributed by atoms with Gasteiger partial charge in [0.15, 0.2) is 11.2 Å². The van der Waals surface area contributed by atoms with E-state index in [9.17, 15) is 9.59 Å². The van der Waals surface area contributed by atoms with Crippen LogP contribution in [0.5, 0.6) is 0 Å². The monoisotopic (exact) mass is 770 g/mol. The van der Waals surface area contributed by atoms with Gasteiger partial charge in [0.05, 0.1) is 47.8 Å². The fourth-order valence-corrected chi connectivity index (χ4v) is 6.55. The number of benzene rings is 6. The Morgan fingerprint density at radius 2 is 1.17 bits per heavy atom. The van der Waals surface area contributed by atoms with E-state index in [0.717, 1.165) is 67.0 Å². The molecule has 6 aromatic carbocycles. The molecule has 0 unspecified atom stereocenters. The van der Waals surface area contributed by atoms with E-state index in [-0.39, 0.29) is 11.9 Å². The Kier molecular flexibility index (Phi) is 10.4. The fraction of sp³-hybridized carbons (Fsp3) is 0.109. The van der Waals surface area contributed by atoms with Crippen molar-refractivity contribution in [3.05, 3.63) is 162 Å². The van der Waals surface area contributed by atoms with Crippen LogP contribution in [0.2, 0.25) is 0 Å². The quantitative estimate of drug-likeness (QED) is 0.106. The van der Waals surface area contributed by atoms with E-state index in [4.69, 9.17) is 29.0 Å². The Balaban J connectivity index is 0.000000162. The second-order valence-corrected chi connectivity index (χ2v) is 13.5. The van der Waals surface area contributed by atoms with E-state index >= 15 is 0 Å². The largest absolute Gasteiger partial charge is 0.465 e. The molecule has 0 spiro atoms. The first-order chi connectivity index (χ1) is 28.3. The summed E-state index contributed by atoms with van der Waals surface area (Å²) >= 11 is 0. The highest BCUT2D eigenvalue weighted by atomic mass is 16.5. The number of carbonyl (C=O) groups is 2. The lowest BCUT2D eigenvalue weighted by atomic mass is 10.1. The Morgan fingerprint density at radius 3 is 1.72 bits per heavy atom. The molecule has 0 fully saturated rings. The third kappa shape index (κ3) is 7.84. The van der Waals surface area contributed by atoms with E-state index < -0.39 is 0 Å². The summed E-state index contributed by atoms with van der Waals surface area (Å²) in [4.78, 5) is 36.9. The number of aromatic nitrogens is 4. The topological polar surface area (TPSA) is 161 Å². The summed E-state index contributed by atoms with van der Waals surface area (Å²) in [5.41, 5.74) is 17.6. The number of para-hydroxylation sites is 4. The molecule has 0 atom stereocenters. The SMILES string of the molecule is COC(=O)c1ccc(CNc2ccc(-c3nc4ccccc4o3)cc2N)cc1.COC(=O)c1ccc(Cn2c(C)nc3cc(-c4nc5ccccc5o4)ccc32)cc1. The highest BCUT2D eigenvalue weighted by Gasteiger charge is 2.14. The summed E-state index contributed by atoms with van der Waals surface area (Å²) in [7, 11) is 2.75. The van der Waals surface area contributed by atoms with Gasteiger partial charge in [-0.15, -0.1) is 0 Å². The number of anilines is 2.